The number of aromatic nitrogens is 3. The molecule has 2 aromatic heterocycles. The maximum atomic E-state index is 11.9. The van der Waals surface area contributed by atoms with Gasteiger partial charge in [-0.05, 0) is 36.4 Å². The number of carbonyl (C=O) groups excluding carboxylic acids is 1. The third-order valence-corrected chi connectivity index (χ3v) is 3.90. The van der Waals surface area contributed by atoms with E-state index in [4.69, 9.17) is 17.2 Å². The molecule has 6 N–H and O–H groups in total. The number of para-hydroxylation sites is 2. The van der Waals surface area contributed by atoms with Crippen LogP contribution in [0.2, 0.25) is 0 Å². The Bertz CT molecular complexity index is 1100. The van der Waals surface area contributed by atoms with Gasteiger partial charge < -0.3 is 17.2 Å². The number of anilines is 2. The van der Waals surface area contributed by atoms with E-state index in [1.165, 1.54) is 0 Å². The van der Waals surface area contributed by atoms with E-state index in [0.717, 1.165) is 5.69 Å². The zero-order valence-electron chi connectivity index (χ0n) is 12.6. The van der Waals surface area contributed by atoms with Gasteiger partial charge in [-0.2, -0.15) is 0 Å². The fraction of sp³-hybridized carbons (Fsp3) is 0. The van der Waals surface area contributed by atoms with E-state index in [-0.39, 0.29) is 11.4 Å². The van der Waals surface area contributed by atoms with Crippen LogP contribution < -0.4 is 17.2 Å². The number of rotatable bonds is 2. The van der Waals surface area contributed by atoms with Gasteiger partial charge in [0.25, 0.3) is 5.91 Å². The lowest BCUT2D eigenvalue weighted by molar-refractivity contribution is 0.100. The smallest absolute Gasteiger partial charge is 0.254 e. The summed E-state index contributed by atoms with van der Waals surface area (Å²) in [4.78, 5) is 21.1. The van der Waals surface area contributed by atoms with E-state index in [0.29, 0.717) is 27.9 Å². The molecule has 0 aliphatic heterocycles. The standard InChI is InChI=1S/C17H14N6O/c18-9-5-7-10(8-6-9)23-15(19)13(16(20)24)14-17(23)22-12-4-2-1-3-11(12)21-14/h1-8H,18-19H2,(H2,20,24). The maximum absolute atomic E-state index is 11.9. The second kappa shape index (κ2) is 4.95. The van der Waals surface area contributed by atoms with Crippen LogP contribution in [0.3, 0.4) is 0 Å². The summed E-state index contributed by atoms with van der Waals surface area (Å²) in [6.07, 6.45) is 0. The van der Waals surface area contributed by atoms with E-state index < -0.39 is 5.91 Å². The van der Waals surface area contributed by atoms with Crippen LogP contribution >= 0.6 is 0 Å². The van der Waals surface area contributed by atoms with Gasteiger partial charge in [0.2, 0.25) is 0 Å². The molecule has 1 amide bonds. The second-order valence-electron chi connectivity index (χ2n) is 5.44. The molecule has 0 aliphatic rings. The van der Waals surface area contributed by atoms with Gasteiger partial charge in [0, 0.05) is 11.4 Å². The van der Waals surface area contributed by atoms with Crippen LogP contribution in [0, 0.1) is 0 Å². The van der Waals surface area contributed by atoms with Crippen molar-refractivity contribution in [2.45, 2.75) is 0 Å². The predicted octanol–water partition coefficient (Wildman–Crippen LogP) is 1.84. The van der Waals surface area contributed by atoms with Crippen molar-refractivity contribution >= 4 is 39.6 Å². The molecule has 0 aliphatic carbocycles. The van der Waals surface area contributed by atoms with Gasteiger partial charge in [0.15, 0.2) is 5.65 Å². The first-order chi connectivity index (χ1) is 11.6. The quantitative estimate of drug-likeness (QED) is 0.486. The highest BCUT2D eigenvalue weighted by molar-refractivity contribution is 6.10. The van der Waals surface area contributed by atoms with Gasteiger partial charge in [0.1, 0.15) is 16.9 Å². The first-order valence-electron chi connectivity index (χ1n) is 7.28. The lowest BCUT2D eigenvalue weighted by Crippen LogP contribution is -2.13. The maximum Gasteiger partial charge on any atom is 0.254 e. The minimum atomic E-state index is -0.642. The van der Waals surface area contributed by atoms with E-state index in [1.807, 2.05) is 24.3 Å². The van der Waals surface area contributed by atoms with Crippen molar-refractivity contribution in [2.75, 3.05) is 11.5 Å². The van der Waals surface area contributed by atoms with Crippen molar-refractivity contribution in [3.05, 3.63) is 54.1 Å². The number of primary amides is 1. The summed E-state index contributed by atoms with van der Waals surface area (Å²) in [7, 11) is 0. The molecule has 0 bridgehead atoms. The SMILES string of the molecule is NC(=O)c1c(N)n(-c2ccc(N)cc2)c2nc3ccccc3nc12. The second-order valence-corrected chi connectivity index (χ2v) is 5.44. The molecule has 24 heavy (non-hydrogen) atoms. The van der Waals surface area contributed by atoms with Gasteiger partial charge in [-0.15, -0.1) is 0 Å². The number of hydrogen-bond donors (Lipinski definition) is 3. The molecule has 0 atom stereocenters. The summed E-state index contributed by atoms with van der Waals surface area (Å²) in [6, 6.07) is 14.5. The van der Waals surface area contributed by atoms with Crippen LogP contribution in [-0.2, 0) is 0 Å². The molecule has 7 heteroatoms. The monoisotopic (exact) mass is 318 g/mol. The number of carbonyl (C=O) groups is 1. The Morgan fingerprint density at radius 2 is 1.54 bits per heavy atom. The number of fused-ring (bicyclic) bond motifs is 2. The third kappa shape index (κ3) is 1.95. The summed E-state index contributed by atoms with van der Waals surface area (Å²) in [5.74, 6) is -0.436. The van der Waals surface area contributed by atoms with E-state index in [1.54, 1.807) is 28.8 Å². The summed E-state index contributed by atoms with van der Waals surface area (Å²) in [5, 5.41) is 0. The molecule has 7 nitrogen and oxygen atoms in total. The van der Waals surface area contributed by atoms with Crippen molar-refractivity contribution in [1.82, 2.24) is 14.5 Å². The van der Waals surface area contributed by atoms with Gasteiger partial charge >= 0.3 is 0 Å². The molecule has 0 fully saturated rings. The Balaban J connectivity index is 2.15. The number of benzene rings is 2. The molecular formula is C17H14N6O. The van der Waals surface area contributed by atoms with Gasteiger partial charge in [0.05, 0.1) is 11.0 Å². The minimum Gasteiger partial charge on any atom is -0.399 e. The summed E-state index contributed by atoms with van der Waals surface area (Å²) in [6.45, 7) is 0. The van der Waals surface area contributed by atoms with E-state index in [2.05, 4.69) is 9.97 Å². The Kier molecular flexibility index (Phi) is 2.89. The topological polar surface area (TPSA) is 126 Å². The lowest BCUT2D eigenvalue weighted by atomic mass is 10.2. The number of amides is 1. The van der Waals surface area contributed by atoms with Crippen molar-refractivity contribution in [2.24, 2.45) is 5.73 Å². The van der Waals surface area contributed by atoms with Crippen LogP contribution in [0.15, 0.2) is 48.5 Å². The molecule has 2 aromatic carbocycles. The molecule has 2 heterocycles. The van der Waals surface area contributed by atoms with Crippen molar-refractivity contribution in [3.8, 4) is 5.69 Å². The molecule has 0 saturated carbocycles. The Labute approximate surface area is 136 Å². The number of hydrogen-bond acceptors (Lipinski definition) is 5. The molecule has 0 radical (unpaired) electrons. The zero-order chi connectivity index (χ0) is 16.8. The van der Waals surface area contributed by atoms with Crippen LogP contribution in [0.25, 0.3) is 27.9 Å². The normalized spacial score (nSPS) is 11.2. The van der Waals surface area contributed by atoms with Crippen molar-refractivity contribution < 1.29 is 4.79 Å². The summed E-state index contributed by atoms with van der Waals surface area (Å²) < 4.78 is 1.66. The summed E-state index contributed by atoms with van der Waals surface area (Å²) >= 11 is 0. The summed E-state index contributed by atoms with van der Waals surface area (Å²) in [5.41, 5.74) is 21.2. The fourth-order valence-corrected chi connectivity index (χ4v) is 2.79. The highest BCUT2D eigenvalue weighted by Crippen LogP contribution is 2.30. The molecule has 0 saturated heterocycles. The molecule has 0 unspecified atom stereocenters. The molecular weight excluding hydrogens is 304 g/mol. The predicted molar refractivity (Wildman–Crippen MR) is 93.7 cm³/mol. The van der Waals surface area contributed by atoms with Crippen molar-refractivity contribution in [1.29, 1.82) is 0 Å². The van der Waals surface area contributed by atoms with Gasteiger partial charge in [-0.1, -0.05) is 12.1 Å². The van der Waals surface area contributed by atoms with Crippen molar-refractivity contribution in [3.63, 3.8) is 0 Å². The largest absolute Gasteiger partial charge is 0.399 e. The van der Waals surface area contributed by atoms with Crippen LogP contribution in [0.4, 0.5) is 11.5 Å². The highest BCUT2D eigenvalue weighted by atomic mass is 16.1. The lowest BCUT2D eigenvalue weighted by Gasteiger charge is -2.08. The minimum absolute atomic E-state index is 0.167. The number of nitrogen functional groups attached to an aromatic ring is 2. The zero-order valence-corrected chi connectivity index (χ0v) is 12.6. The molecule has 4 rings (SSSR count). The Morgan fingerprint density at radius 1 is 0.917 bits per heavy atom. The van der Waals surface area contributed by atoms with Crippen LogP contribution in [0.1, 0.15) is 10.4 Å². The average molecular weight is 318 g/mol. The molecule has 118 valence electrons. The number of nitrogens with two attached hydrogens (primary N) is 3. The Morgan fingerprint density at radius 3 is 2.17 bits per heavy atom. The highest BCUT2D eigenvalue weighted by Gasteiger charge is 2.23. The Hall–Kier alpha value is -3.61. The van der Waals surface area contributed by atoms with Gasteiger partial charge in [-0.25, -0.2) is 9.97 Å². The first kappa shape index (κ1) is 14.0. The first-order valence-corrected chi connectivity index (χ1v) is 7.28. The van der Waals surface area contributed by atoms with E-state index in [9.17, 15) is 4.79 Å². The number of nitrogens with zero attached hydrogens (tertiary/aromatic N) is 3. The van der Waals surface area contributed by atoms with Crippen LogP contribution in [0.5, 0.6) is 0 Å². The molecule has 0 spiro atoms. The van der Waals surface area contributed by atoms with E-state index >= 15 is 0 Å². The van der Waals surface area contributed by atoms with Gasteiger partial charge in [-0.3, -0.25) is 9.36 Å². The third-order valence-electron chi connectivity index (χ3n) is 3.90. The van der Waals surface area contributed by atoms with Crippen LogP contribution in [-0.4, -0.2) is 20.4 Å². The fourth-order valence-electron chi connectivity index (χ4n) is 2.79. The molecule has 4 aromatic rings. The average Bonchev–Trinajstić information content (AvgIpc) is 2.85.